The van der Waals surface area contributed by atoms with Crippen LogP contribution >= 0.6 is 23.1 Å². The maximum absolute atomic E-state index is 12.3. The lowest BCUT2D eigenvalue weighted by Gasteiger charge is -2.29. The first-order chi connectivity index (χ1) is 11.3. The molecule has 1 saturated heterocycles. The molecule has 1 aromatic rings. The summed E-state index contributed by atoms with van der Waals surface area (Å²) in [5.74, 6) is -0.943. The fraction of sp³-hybridized carbons (Fsp3) is 0.667. The number of nitrogens with zero attached hydrogens (tertiary/aromatic N) is 3. The fourth-order valence-electron chi connectivity index (χ4n) is 2.16. The minimum absolute atomic E-state index is 0.116. The van der Waals surface area contributed by atoms with Crippen LogP contribution in [-0.4, -0.2) is 67.0 Å². The normalized spacial score (nSPS) is 19.0. The molecule has 0 bridgehead atoms. The summed E-state index contributed by atoms with van der Waals surface area (Å²) < 4.78 is 29.6. The van der Waals surface area contributed by atoms with Gasteiger partial charge in [-0.15, -0.1) is 10.2 Å². The Bertz CT molecular complexity index is 705. The molecule has 1 fully saturated rings. The molecule has 1 aromatic heterocycles. The van der Waals surface area contributed by atoms with E-state index in [1.807, 2.05) is 0 Å². The molecule has 2 rings (SSSR count). The topological polar surface area (TPSA) is 119 Å². The molecule has 1 amide bonds. The number of hydrogen-bond donors (Lipinski definition) is 1. The highest BCUT2D eigenvalue weighted by atomic mass is 32.2. The van der Waals surface area contributed by atoms with Crippen molar-refractivity contribution >= 4 is 50.1 Å². The van der Waals surface area contributed by atoms with Gasteiger partial charge in [0.15, 0.2) is 4.34 Å². The summed E-state index contributed by atoms with van der Waals surface area (Å²) in [5.41, 5.74) is 0. The van der Waals surface area contributed by atoms with Crippen LogP contribution in [0.5, 0.6) is 0 Å². The minimum atomic E-state index is -3.30. The number of carbonyl (C=O) groups is 2. The maximum atomic E-state index is 12.3. The number of carbonyl (C=O) groups excluding carboxylic acids is 2. The van der Waals surface area contributed by atoms with Gasteiger partial charge in [-0.25, -0.2) is 12.7 Å². The molecule has 1 aliphatic rings. The number of methoxy groups -OCH3 is 1. The molecule has 0 aromatic carbocycles. The zero-order valence-corrected chi connectivity index (χ0v) is 15.7. The lowest BCUT2D eigenvalue weighted by molar-refractivity contribution is -0.137. The van der Waals surface area contributed by atoms with Gasteiger partial charge in [-0.05, 0) is 12.8 Å². The van der Waals surface area contributed by atoms with Gasteiger partial charge >= 0.3 is 5.97 Å². The van der Waals surface area contributed by atoms with E-state index in [4.69, 9.17) is 0 Å². The molecule has 9 nitrogen and oxygen atoms in total. The summed E-state index contributed by atoms with van der Waals surface area (Å²) in [7, 11) is -1.99. The summed E-state index contributed by atoms with van der Waals surface area (Å²) in [4.78, 5) is 23.4. The molecule has 24 heavy (non-hydrogen) atoms. The Morgan fingerprint density at radius 2 is 2.21 bits per heavy atom. The van der Waals surface area contributed by atoms with Crippen molar-refractivity contribution in [1.29, 1.82) is 0 Å². The molecular weight excluding hydrogens is 376 g/mol. The van der Waals surface area contributed by atoms with Gasteiger partial charge in [-0.3, -0.25) is 9.59 Å². The number of ether oxygens (including phenoxy) is 1. The van der Waals surface area contributed by atoms with E-state index in [1.54, 1.807) is 0 Å². The first kappa shape index (κ1) is 19.1. The number of nitrogens with one attached hydrogen (secondary N) is 1. The predicted octanol–water partition coefficient (Wildman–Crippen LogP) is 0.413. The molecule has 0 unspecified atom stereocenters. The van der Waals surface area contributed by atoms with Crippen molar-refractivity contribution in [2.75, 3.05) is 37.5 Å². The van der Waals surface area contributed by atoms with E-state index in [-0.39, 0.29) is 24.2 Å². The molecule has 0 saturated carbocycles. The van der Waals surface area contributed by atoms with Crippen molar-refractivity contribution in [3.05, 3.63) is 0 Å². The molecule has 2 heterocycles. The molecule has 1 aliphatic heterocycles. The van der Waals surface area contributed by atoms with Crippen LogP contribution in [0.3, 0.4) is 0 Å². The third-order valence-corrected chi connectivity index (χ3v) is 6.62. The summed E-state index contributed by atoms with van der Waals surface area (Å²) in [6, 6.07) is 0. The standard InChI is InChI=1S/C12H18N4O5S3/c1-21-9(17)7-22-12-15-14-11(23-12)13-10(18)8-4-3-5-16(6-8)24(2,19)20/h8H,3-7H2,1-2H3,(H,13,14,18)/t8-/m1/s1. The highest BCUT2D eigenvalue weighted by Crippen LogP contribution is 2.27. The smallest absolute Gasteiger partial charge is 0.316 e. The fourth-order valence-corrected chi connectivity index (χ4v) is 4.66. The Kier molecular flexibility index (Phi) is 6.54. The maximum Gasteiger partial charge on any atom is 0.316 e. The Morgan fingerprint density at radius 3 is 2.88 bits per heavy atom. The zero-order chi connectivity index (χ0) is 17.7. The molecular formula is C12H18N4O5S3. The van der Waals surface area contributed by atoms with Gasteiger partial charge < -0.3 is 10.1 Å². The third-order valence-electron chi connectivity index (χ3n) is 3.40. The third kappa shape index (κ3) is 5.40. The summed E-state index contributed by atoms with van der Waals surface area (Å²) >= 11 is 2.33. The summed E-state index contributed by atoms with van der Waals surface area (Å²) in [5, 5.41) is 10.7. The van der Waals surface area contributed by atoms with E-state index in [2.05, 4.69) is 20.3 Å². The van der Waals surface area contributed by atoms with E-state index in [0.717, 1.165) is 17.6 Å². The van der Waals surface area contributed by atoms with E-state index in [1.165, 1.54) is 23.2 Å². The minimum Gasteiger partial charge on any atom is -0.468 e. The highest BCUT2D eigenvalue weighted by Gasteiger charge is 2.30. The largest absolute Gasteiger partial charge is 0.468 e. The van der Waals surface area contributed by atoms with Crippen LogP contribution in [0.2, 0.25) is 0 Å². The van der Waals surface area contributed by atoms with Crippen molar-refractivity contribution < 1.29 is 22.7 Å². The number of piperidine rings is 1. The molecule has 12 heteroatoms. The molecule has 0 aliphatic carbocycles. The van der Waals surface area contributed by atoms with E-state index in [9.17, 15) is 18.0 Å². The second kappa shape index (κ2) is 8.23. The molecule has 0 radical (unpaired) electrons. The number of rotatable bonds is 6. The SMILES string of the molecule is COC(=O)CSc1nnc(NC(=O)[C@@H]2CCCN(S(C)(=O)=O)C2)s1. The van der Waals surface area contributed by atoms with Crippen molar-refractivity contribution in [1.82, 2.24) is 14.5 Å². The van der Waals surface area contributed by atoms with Gasteiger partial charge in [0, 0.05) is 13.1 Å². The zero-order valence-electron chi connectivity index (χ0n) is 13.2. The van der Waals surface area contributed by atoms with Crippen LogP contribution in [0.1, 0.15) is 12.8 Å². The van der Waals surface area contributed by atoms with Gasteiger partial charge in [0.05, 0.1) is 25.0 Å². The number of anilines is 1. The van der Waals surface area contributed by atoms with Crippen LogP contribution in [0.15, 0.2) is 4.34 Å². The number of hydrogen-bond acceptors (Lipinski definition) is 9. The van der Waals surface area contributed by atoms with E-state index >= 15 is 0 Å². The van der Waals surface area contributed by atoms with Crippen molar-refractivity contribution in [2.24, 2.45) is 5.92 Å². The Morgan fingerprint density at radius 1 is 1.46 bits per heavy atom. The van der Waals surface area contributed by atoms with Crippen LogP contribution in [0, 0.1) is 5.92 Å². The number of aromatic nitrogens is 2. The highest BCUT2D eigenvalue weighted by molar-refractivity contribution is 8.01. The lowest BCUT2D eigenvalue weighted by Crippen LogP contribution is -2.43. The number of thioether (sulfide) groups is 1. The summed E-state index contributed by atoms with van der Waals surface area (Å²) in [6.07, 6.45) is 2.41. The monoisotopic (exact) mass is 394 g/mol. The number of amides is 1. The van der Waals surface area contributed by atoms with Crippen LogP contribution in [0.25, 0.3) is 0 Å². The van der Waals surface area contributed by atoms with Crippen LogP contribution < -0.4 is 5.32 Å². The van der Waals surface area contributed by atoms with Gasteiger partial charge in [-0.2, -0.15) is 0 Å². The number of sulfonamides is 1. The molecule has 134 valence electrons. The molecule has 1 atom stereocenters. The second-order valence-electron chi connectivity index (χ2n) is 5.19. The quantitative estimate of drug-likeness (QED) is 0.419. The van der Waals surface area contributed by atoms with Crippen LogP contribution in [-0.2, 0) is 24.3 Å². The Balaban J connectivity index is 1.90. The lowest BCUT2D eigenvalue weighted by atomic mass is 9.99. The summed E-state index contributed by atoms with van der Waals surface area (Å²) in [6.45, 7) is 0.614. The van der Waals surface area contributed by atoms with Gasteiger partial charge in [-0.1, -0.05) is 23.1 Å². The molecule has 1 N–H and O–H groups in total. The Labute approximate surface area is 148 Å². The number of esters is 1. The average Bonchev–Trinajstić information content (AvgIpc) is 2.99. The van der Waals surface area contributed by atoms with Crippen molar-refractivity contribution in [3.8, 4) is 0 Å². The first-order valence-corrected chi connectivity index (χ1v) is 10.7. The van der Waals surface area contributed by atoms with Crippen molar-refractivity contribution in [3.63, 3.8) is 0 Å². The average molecular weight is 395 g/mol. The van der Waals surface area contributed by atoms with Gasteiger partial charge in [0.25, 0.3) is 0 Å². The second-order valence-corrected chi connectivity index (χ2v) is 9.37. The van der Waals surface area contributed by atoms with E-state index < -0.39 is 15.9 Å². The van der Waals surface area contributed by atoms with Crippen LogP contribution in [0.4, 0.5) is 5.13 Å². The van der Waals surface area contributed by atoms with Gasteiger partial charge in [0.1, 0.15) is 0 Å². The Hall–Kier alpha value is -1.24. The van der Waals surface area contributed by atoms with Crippen molar-refractivity contribution in [2.45, 2.75) is 17.2 Å². The van der Waals surface area contributed by atoms with E-state index in [0.29, 0.717) is 28.9 Å². The molecule has 0 spiro atoms. The van der Waals surface area contributed by atoms with Gasteiger partial charge in [0.2, 0.25) is 21.1 Å². The first-order valence-electron chi connectivity index (χ1n) is 7.08. The predicted molar refractivity (Wildman–Crippen MR) is 90.4 cm³/mol.